The van der Waals surface area contributed by atoms with Crippen LogP contribution < -0.4 is 5.48 Å². The highest BCUT2D eigenvalue weighted by atomic mass is 16.7. The molecule has 0 bridgehead atoms. The van der Waals surface area contributed by atoms with Crippen LogP contribution in [0.5, 0.6) is 0 Å². The Kier molecular flexibility index (Phi) is 10.6. The third-order valence-electron chi connectivity index (χ3n) is 2.22. The van der Waals surface area contributed by atoms with Crippen LogP contribution in [0.25, 0.3) is 0 Å². The molecular weight excluding hydrogens is 190 g/mol. The second kappa shape index (κ2) is 11.2. The lowest BCUT2D eigenvalue weighted by Gasteiger charge is -2.03. The predicted molar refractivity (Wildman–Crippen MR) is 62.3 cm³/mol. The first-order chi connectivity index (χ1) is 7.31. The molecule has 0 rings (SSSR count). The van der Waals surface area contributed by atoms with Crippen LogP contribution in [0.15, 0.2) is 12.7 Å². The van der Waals surface area contributed by atoms with Crippen LogP contribution in [0.1, 0.15) is 51.9 Å². The van der Waals surface area contributed by atoms with Gasteiger partial charge in [-0.15, -0.1) is 0 Å². The van der Waals surface area contributed by atoms with Crippen molar-refractivity contribution in [2.75, 3.05) is 6.54 Å². The molecule has 0 aromatic carbocycles. The molecule has 0 fully saturated rings. The van der Waals surface area contributed by atoms with E-state index in [4.69, 9.17) is 0 Å². The first kappa shape index (κ1) is 14.2. The average molecular weight is 213 g/mol. The second-order valence-electron chi connectivity index (χ2n) is 3.64. The smallest absolute Gasteiger partial charge is 0.348 e. The Hall–Kier alpha value is -0.830. The molecule has 0 unspecified atom stereocenters. The van der Waals surface area contributed by atoms with Gasteiger partial charge in [-0.05, 0) is 6.42 Å². The van der Waals surface area contributed by atoms with Gasteiger partial charge in [0.1, 0.15) is 0 Å². The standard InChI is InChI=1S/C12H23NO2/c1-3-5-6-7-8-9-10-11-13-15-12(14)4-2/h4,13H,2-3,5-11H2,1H3. The fourth-order valence-corrected chi connectivity index (χ4v) is 1.32. The van der Waals surface area contributed by atoms with E-state index in [0.717, 1.165) is 19.0 Å². The van der Waals surface area contributed by atoms with Crippen molar-refractivity contribution >= 4 is 5.97 Å². The SMILES string of the molecule is C=CC(=O)ONCCCCCCCCC. The van der Waals surface area contributed by atoms with Gasteiger partial charge in [0.05, 0.1) is 0 Å². The minimum Gasteiger partial charge on any atom is -0.367 e. The summed E-state index contributed by atoms with van der Waals surface area (Å²) in [5.41, 5.74) is 2.62. The summed E-state index contributed by atoms with van der Waals surface area (Å²) >= 11 is 0. The minimum absolute atomic E-state index is 0.419. The van der Waals surface area contributed by atoms with Gasteiger partial charge < -0.3 is 4.84 Å². The van der Waals surface area contributed by atoms with Gasteiger partial charge in [-0.1, -0.05) is 52.0 Å². The summed E-state index contributed by atoms with van der Waals surface area (Å²) in [5.74, 6) is -0.419. The number of rotatable bonds is 10. The number of nitrogens with one attached hydrogen (secondary N) is 1. The first-order valence-corrected chi connectivity index (χ1v) is 5.87. The second-order valence-corrected chi connectivity index (χ2v) is 3.64. The van der Waals surface area contributed by atoms with Crippen molar-refractivity contribution in [1.82, 2.24) is 5.48 Å². The van der Waals surface area contributed by atoms with Gasteiger partial charge in [-0.2, -0.15) is 5.48 Å². The summed E-state index contributed by atoms with van der Waals surface area (Å²) in [7, 11) is 0. The van der Waals surface area contributed by atoms with E-state index >= 15 is 0 Å². The first-order valence-electron chi connectivity index (χ1n) is 5.87. The Morgan fingerprint density at radius 2 is 1.80 bits per heavy atom. The third-order valence-corrected chi connectivity index (χ3v) is 2.22. The number of hydrogen-bond donors (Lipinski definition) is 1. The summed E-state index contributed by atoms with van der Waals surface area (Å²) in [5, 5.41) is 0. The lowest BCUT2D eigenvalue weighted by Crippen LogP contribution is -2.19. The van der Waals surface area contributed by atoms with Gasteiger partial charge in [0.15, 0.2) is 0 Å². The molecule has 0 aliphatic rings. The molecule has 1 N–H and O–H groups in total. The molecule has 0 atom stereocenters. The number of carbonyl (C=O) groups excluding carboxylic acids is 1. The Morgan fingerprint density at radius 1 is 1.20 bits per heavy atom. The monoisotopic (exact) mass is 213 g/mol. The Balaban J connectivity index is 2.98. The molecular formula is C12H23NO2. The summed E-state index contributed by atoms with van der Waals surface area (Å²) in [4.78, 5) is 15.2. The molecule has 88 valence electrons. The molecule has 0 amide bonds. The molecule has 0 radical (unpaired) electrons. The molecule has 0 heterocycles. The van der Waals surface area contributed by atoms with Gasteiger partial charge in [0.25, 0.3) is 0 Å². The number of hydrogen-bond acceptors (Lipinski definition) is 3. The van der Waals surface area contributed by atoms with Crippen LogP contribution in [0, 0.1) is 0 Å². The average Bonchev–Trinajstić information content (AvgIpc) is 2.26. The molecule has 0 saturated heterocycles. The lowest BCUT2D eigenvalue weighted by molar-refractivity contribution is -0.144. The van der Waals surface area contributed by atoms with E-state index < -0.39 is 5.97 Å². The van der Waals surface area contributed by atoms with Crippen LogP contribution in [0.3, 0.4) is 0 Å². The van der Waals surface area contributed by atoms with Crippen LogP contribution >= 0.6 is 0 Å². The number of unbranched alkanes of at least 4 members (excludes halogenated alkanes) is 6. The molecule has 0 aliphatic carbocycles. The largest absolute Gasteiger partial charge is 0.367 e. The fourth-order valence-electron chi connectivity index (χ4n) is 1.32. The molecule has 0 aliphatic heterocycles. The normalized spacial score (nSPS) is 9.93. The van der Waals surface area contributed by atoms with Crippen LogP contribution in [-0.2, 0) is 9.63 Å². The van der Waals surface area contributed by atoms with Crippen molar-refractivity contribution in [1.29, 1.82) is 0 Å². The summed E-state index contributed by atoms with van der Waals surface area (Å²) < 4.78 is 0. The molecule has 0 saturated carbocycles. The van der Waals surface area contributed by atoms with Crippen molar-refractivity contribution < 1.29 is 9.63 Å². The molecule has 0 aromatic heterocycles. The minimum atomic E-state index is -0.419. The van der Waals surface area contributed by atoms with Gasteiger partial charge >= 0.3 is 5.97 Å². The fraction of sp³-hybridized carbons (Fsp3) is 0.750. The van der Waals surface area contributed by atoms with Crippen molar-refractivity contribution in [2.24, 2.45) is 0 Å². The van der Waals surface area contributed by atoms with Gasteiger partial charge in [0.2, 0.25) is 0 Å². The van der Waals surface area contributed by atoms with E-state index in [1.807, 2.05) is 0 Å². The molecule has 0 spiro atoms. The highest BCUT2D eigenvalue weighted by molar-refractivity contribution is 5.80. The maximum absolute atomic E-state index is 10.6. The maximum Gasteiger partial charge on any atom is 0.348 e. The van der Waals surface area contributed by atoms with Crippen LogP contribution in [-0.4, -0.2) is 12.5 Å². The van der Waals surface area contributed by atoms with Crippen LogP contribution in [0.4, 0.5) is 0 Å². The molecule has 3 nitrogen and oxygen atoms in total. The highest BCUT2D eigenvalue weighted by Crippen LogP contribution is 2.06. The van der Waals surface area contributed by atoms with Crippen molar-refractivity contribution in [3.63, 3.8) is 0 Å². The Labute approximate surface area is 92.8 Å². The molecule has 15 heavy (non-hydrogen) atoms. The predicted octanol–water partition coefficient (Wildman–Crippen LogP) is 2.97. The maximum atomic E-state index is 10.6. The van der Waals surface area contributed by atoms with E-state index in [1.165, 1.54) is 38.5 Å². The van der Waals surface area contributed by atoms with Crippen molar-refractivity contribution in [2.45, 2.75) is 51.9 Å². The van der Waals surface area contributed by atoms with Gasteiger partial charge in [-0.25, -0.2) is 4.79 Å². The summed E-state index contributed by atoms with van der Waals surface area (Å²) in [6, 6.07) is 0. The summed E-state index contributed by atoms with van der Waals surface area (Å²) in [6.45, 7) is 6.25. The lowest BCUT2D eigenvalue weighted by atomic mass is 10.1. The Bertz CT molecular complexity index is 169. The zero-order chi connectivity index (χ0) is 11.4. The van der Waals surface area contributed by atoms with E-state index in [0.29, 0.717) is 0 Å². The Morgan fingerprint density at radius 3 is 2.40 bits per heavy atom. The van der Waals surface area contributed by atoms with Gasteiger partial charge in [-0.3, -0.25) is 0 Å². The van der Waals surface area contributed by atoms with E-state index in [-0.39, 0.29) is 0 Å². The van der Waals surface area contributed by atoms with Gasteiger partial charge in [0, 0.05) is 12.6 Å². The molecule has 3 heteroatoms. The van der Waals surface area contributed by atoms with E-state index in [1.54, 1.807) is 0 Å². The highest BCUT2D eigenvalue weighted by Gasteiger charge is 1.94. The van der Waals surface area contributed by atoms with E-state index in [2.05, 4.69) is 23.8 Å². The molecule has 0 aromatic rings. The summed E-state index contributed by atoms with van der Waals surface area (Å²) in [6.07, 6.45) is 9.97. The third kappa shape index (κ3) is 11.1. The van der Waals surface area contributed by atoms with E-state index in [9.17, 15) is 4.79 Å². The topological polar surface area (TPSA) is 38.3 Å². The van der Waals surface area contributed by atoms with Crippen LogP contribution in [0.2, 0.25) is 0 Å². The van der Waals surface area contributed by atoms with Crippen molar-refractivity contribution in [3.8, 4) is 0 Å². The zero-order valence-electron chi connectivity index (χ0n) is 9.76. The number of carbonyl (C=O) groups is 1. The number of hydroxylamine groups is 1. The van der Waals surface area contributed by atoms with Crippen molar-refractivity contribution in [3.05, 3.63) is 12.7 Å². The zero-order valence-corrected chi connectivity index (χ0v) is 9.76. The quantitative estimate of drug-likeness (QED) is 0.344.